The molecule has 0 unspecified atom stereocenters. The van der Waals surface area contributed by atoms with Crippen LogP contribution in [0.3, 0.4) is 0 Å². The van der Waals surface area contributed by atoms with Gasteiger partial charge in [-0.1, -0.05) is 50.1 Å². The molecule has 1 rings (SSSR count). The summed E-state index contributed by atoms with van der Waals surface area (Å²) >= 11 is 0. The first-order valence-electron chi connectivity index (χ1n) is 6.48. The molecule has 0 fully saturated rings. The van der Waals surface area contributed by atoms with Crippen LogP contribution in [0.1, 0.15) is 38.2 Å². The number of hydrogen-bond acceptors (Lipinski definition) is 3. The Morgan fingerprint density at radius 1 is 1.16 bits per heavy atom. The van der Waals surface area contributed by atoms with Crippen molar-refractivity contribution in [3.05, 3.63) is 41.3 Å². The maximum atomic E-state index is 10.2. The quantitative estimate of drug-likeness (QED) is 0.641. The van der Waals surface area contributed by atoms with Crippen LogP contribution in [0, 0.1) is 0 Å². The van der Waals surface area contributed by atoms with Gasteiger partial charge in [-0.05, 0) is 24.5 Å². The average molecular weight is 285 g/mol. The zero-order valence-corrected chi connectivity index (χ0v) is 12.2. The molecule has 0 bridgehead atoms. The van der Waals surface area contributed by atoms with Crippen molar-refractivity contribution < 1.29 is 18.7 Å². The van der Waals surface area contributed by atoms with E-state index in [-0.39, 0.29) is 0 Å². The molecule has 5 heteroatoms. The summed E-state index contributed by atoms with van der Waals surface area (Å²) < 4.78 is 30.5. The Morgan fingerprint density at radius 3 is 2.26 bits per heavy atom. The third-order valence-electron chi connectivity index (χ3n) is 2.33. The summed E-state index contributed by atoms with van der Waals surface area (Å²) in [5.41, 5.74) is 4.45. The van der Waals surface area contributed by atoms with Gasteiger partial charge in [0.15, 0.2) is 0 Å². The van der Waals surface area contributed by atoms with E-state index in [9.17, 15) is 13.0 Å². The van der Waals surface area contributed by atoms with E-state index in [1.54, 1.807) is 24.3 Å². The monoisotopic (exact) mass is 285 g/mol. The number of rotatable bonds is 6. The number of quaternary nitrogens is 1. The molecule has 0 atom stereocenters. The molecule has 0 aliphatic rings. The van der Waals surface area contributed by atoms with Crippen molar-refractivity contribution >= 4 is 16.2 Å². The van der Waals surface area contributed by atoms with Crippen molar-refractivity contribution in [1.82, 2.24) is 0 Å². The zero-order valence-electron chi connectivity index (χ0n) is 11.4. The van der Waals surface area contributed by atoms with Crippen LogP contribution < -0.4 is 5.73 Å². The van der Waals surface area contributed by atoms with E-state index in [1.165, 1.54) is 31.8 Å². The molecular formula is C14H23NO3S. The van der Waals surface area contributed by atoms with Crippen LogP contribution in [0.2, 0.25) is 0 Å². The molecule has 1 aromatic rings. The molecule has 0 saturated heterocycles. The van der Waals surface area contributed by atoms with Gasteiger partial charge in [0.25, 0.3) is 0 Å². The summed E-state index contributed by atoms with van der Waals surface area (Å²) in [5, 5.41) is 0.641. The van der Waals surface area contributed by atoms with Gasteiger partial charge in [0.2, 0.25) is 0 Å². The van der Waals surface area contributed by atoms with E-state index in [4.69, 9.17) is 0 Å². The standard InChI is InChI=1S/C8H8O3S.C6H15N/c9-12(10,11)7-6-8-4-2-1-3-5-8;1-2-3-4-5-6-7/h1-7H,(H,9,10,11);2-7H2,1H3. The number of hydrogen-bond donors (Lipinski definition) is 1. The molecule has 1 aromatic carbocycles. The summed E-state index contributed by atoms with van der Waals surface area (Å²) in [5.74, 6) is 0. The molecule has 0 radical (unpaired) electrons. The van der Waals surface area contributed by atoms with Crippen molar-refractivity contribution in [2.24, 2.45) is 0 Å². The second kappa shape index (κ2) is 10.7. The average Bonchev–Trinajstić information content (AvgIpc) is 2.38. The van der Waals surface area contributed by atoms with Gasteiger partial charge in [0.1, 0.15) is 10.1 Å². The van der Waals surface area contributed by atoms with Crippen LogP contribution in [0.15, 0.2) is 35.7 Å². The van der Waals surface area contributed by atoms with Gasteiger partial charge >= 0.3 is 0 Å². The first-order valence-corrected chi connectivity index (χ1v) is 7.95. The van der Waals surface area contributed by atoms with E-state index < -0.39 is 10.1 Å². The first kappa shape index (κ1) is 17.8. The van der Waals surface area contributed by atoms with Crippen molar-refractivity contribution in [2.45, 2.75) is 32.6 Å². The Kier molecular flexibility index (Phi) is 10.1. The molecule has 108 valence electrons. The second-order valence-electron chi connectivity index (χ2n) is 4.12. The van der Waals surface area contributed by atoms with Gasteiger partial charge in [0, 0.05) is 5.41 Å². The van der Waals surface area contributed by atoms with E-state index >= 15 is 0 Å². The Morgan fingerprint density at radius 2 is 1.79 bits per heavy atom. The van der Waals surface area contributed by atoms with Gasteiger partial charge in [-0.2, -0.15) is 0 Å². The van der Waals surface area contributed by atoms with Crippen LogP contribution in [-0.2, 0) is 10.1 Å². The first-order chi connectivity index (χ1) is 8.99. The fourth-order valence-electron chi connectivity index (χ4n) is 1.33. The maximum absolute atomic E-state index is 10.2. The Hall–Kier alpha value is -1.17. The van der Waals surface area contributed by atoms with Gasteiger partial charge in [-0.3, -0.25) is 0 Å². The van der Waals surface area contributed by atoms with Crippen molar-refractivity contribution in [3.8, 4) is 0 Å². The minimum atomic E-state index is -4.25. The molecule has 3 N–H and O–H groups in total. The highest BCUT2D eigenvalue weighted by atomic mass is 32.2. The summed E-state index contributed by atoms with van der Waals surface area (Å²) in [4.78, 5) is 0. The van der Waals surface area contributed by atoms with E-state index in [0.717, 1.165) is 6.54 Å². The number of benzene rings is 1. The molecule has 0 amide bonds. The largest absolute Gasteiger partial charge is 0.744 e. The van der Waals surface area contributed by atoms with Gasteiger partial charge in [-0.25, -0.2) is 8.42 Å². The lowest BCUT2D eigenvalue weighted by atomic mass is 10.2. The minimum absolute atomic E-state index is 0.641. The third-order valence-corrected chi connectivity index (χ3v) is 2.80. The Balaban J connectivity index is 0.000000399. The molecule has 0 spiro atoms. The molecule has 19 heavy (non-hydrogen) atoms. The van der Waals surface area contributed by atoms with Crippen LogP contribution in [-0.4, -0.2) is 19.5 Å². The molecule has 0 aromatic heterocycles. The van der Waals surface area contributed by atoms with Gasteiger partial charge in [0.05, 0.1) is 6.54 Å². The van der Waals surface area contributed by atoms with Crippen LogP contribution in [0.25, 0.3) is 6.08 Å². The minimum Gasteiger partial charge on any atom is -0.744 e. The SMILES string of the molecule is CCCCCC[NH3+].O=S(=O)([O-])C=Cc1ccccc1. The zero-order chi connectivity index (χ0) is 14.6. The summed E-state index contributed by atoms with van der Waals surface area (Å²) in [6.07, 6.45) is 6.67. The maximum Gasteiger partial charge on any atom is 0.117 e. The van der Waals surface area contributed by atoms with E-state index in [2.05, 4.69) is 12.7 Å². The van der Waals surface area contributed by atoms with Crippen molar-refractivity contribution in [1.29, 1.82) is 0 Å². The lowest BCUT2D eigenvalue weighted by Gasteiger charge is -1.97. The van der Waals surface area contributed by atoms with Crippen LogP contribution in [0.5, 0.6) is 0 Å². The Bertz CT molecular complexity index is 437. The normalized spacial score (nSPS) is 11.1. The van der Waals surface area contributed by atoms with Crippen molar-refractivity contribution in [2.75, 3.05) is 6.54 Å². The fourth-order valence-corrected chi connectivity index (χ4v) is 1.65. The summed E-state index contributed by atoms with van der Waals surface area (Å²) in [7, 11) is -4.25. The lowest BCUT2D eigenvalue weighted by molar-refractivity contribution is -0.368. The lowest BCUT2D eigenvalue weighted by Crippen LogP contribution is -2.50. The van der Waals surface area contributed by atoms with E-state index in [1.807, 2.05) is 6.07 Å². The van der Waals surface area contributed by atoms with Crippen molar-refractivity contribution in [3.63, 3.8) is 0 Å². The predicted octanol–water partition coefficient (Wildman–Crippen LogP) is 2.01. The molecule has 4 nitrogen and oxygen atoms in total. The molecule has 0 aliphatic carbocycles. The topological polar surface area (TPSA) is 84.8 Å². The van der Waals surface area contributed by atoms with Crippen LogP contribution in [0.4, 0.5) is 0 Å². The molecule has 0 heterocycles. The Labute approximate surface area is 116 Å². The summed E-state index contributed by atoms with van der Waals surface area (Å²) in [6, 6.07) is 8.75. The van der Waals surface area contributed by atoms with Gasteiger partial charge in [-0.15, -0.1) is 0 Å². The smallest absolute Gasteiger partial charge is 0.117 e. The second-order valence-corrected chi connectivity index (χ2v) is 5.38. The van der Waals surface area contributed by atoms with Crippen LogP contribution >= 0.6 is 0 Å². The number of unbranched alkanes of at least 4 members (excludes halogenated alkanes) is 3. The third kappa shape index (κ3) is 13.1. The van der Waals surface area contributed by atoms with E-state index in [0.29, 0.717) is 11.0 Å². The van der Waals surface area contributed by atoms with Gasteiger partial charge < -0.3 is 10.3 Å². The molecule has 0 aliphatic heterocycles. The summed E-state index contributed by atoms with van der Waals surface area (Å²) in [6.45, 7) is 3.34. The molecule has 0 saturated carbocycles. The highest BCUT2D eigenvalue weighted by molar-refractivity contribution is 7.88. The fraction of sp³-hybridized carbons (Fsp3) is 0.429. The highest BCUT2D eigenvalue weighted by Gasteiger charge is 1.85. The molecular weight excluding hydrogens is 262 g/mol. The predicted molar refractivity (Wildman–Crippen MR) is 77.1 cm³/mol. The highest BCUT2D eigenvalue weighted by Crippen LogP contribution is 2.01.